The fourth-order valence-electron chi connectivity index (χ4n) is 2.83. The maximum Gasteiger partial charge on any atom is 0.252 e. The zero-order chi connectivity index (χ0) is 17.8. The van der Waals surface area contributed by atoms with Crippen LogP contribution in [0.3, 0.4) is 0 Å². The van der Waals surface area contributed by atoms with Crippen molar-refractivity contribution < 1.29 is 18.4 Å². The van der Waals surface area contributed by atoms with E-state index in [1.165, 1.54) is 23.4 Å². The number of halogens is 2. The zero-order valence-electron chi connectivity index (χ0n) is 13.4. The Balaban J connectivity index is 1.67. The summed E-state index contributed by atoms with van der Waals surface area (Å²) < 4.78 is 26.8. The molecule has 1 aromatic heterocycles. The molecule has 0 bridgehead atoms. The quantitative estimate of drug-likeness (QED) is 0.925. The third-order valence-electron chi connectivity index (χ3n) is 4.15. The first-order chi connectivity index (χ1) is 12.0. The molecule has 25 heavy (non-hydrogen) atoms. The highest BCUT2D eigenvalue weighted by atomic mass is 19.1. The number of hydrogen-bond donors (Lipinski definition) is 1. The van der Waals surface area contributed by atoms with Crippen molar-refractivity contribution in [2.45, 2.75) is 25.4 Å². The van der Waals surface area contributed by atoms with Gasteiger partial charge in [0, 0.05) is 42.7 Å². The van der Waals surface area contributed by atoms with Gasteiger partial charge in [-0.3, -0.25) is 14.6 Å². The summed E-state index contributed by atoms with van der Waals surface area (Å²) in [6, 6.07) is 5.76. The third kappa shape index (κ3) is 3.99. The highest BCUT2D eigenvalue weighted by molar-refractivity contribution is 5.97. The number of aromatic nitrogens is 1. The molecule has 7 heteroatoms. The van der Waals surface area contributed by atoms with Crippen molar-refractivity contribution in [3.8, 4) is 0 Å². The standard InChI is InChI=1S/C18H17F2N3O2/c19-14-4-3-13(15(20)10-14)11-23-9-1-2-16(18(23)25)22-17(24)12-5-7-21-8-6-12/h3-8,10,16H,1-2,9,11H2,(H,22,24)/t16-/m0/s1. The number of carbonyl (C=O) groups is 2. The minimum atomic E-state index is -0.684. The smallest absolute Gasteiger partial charge is 0.252 e. The van der Waals surface area contributed by atoms with Crippen molar-refractivity contribution in [2.75, 3.05) is 6.54 Å². The van der Waals surface area contributed by atoms with Crippen molar-refractivity contribution in [1.82, 2.24) is 15.2 Å². The van der Waals surface area contributed by atoms with Crippen LogP contribution in [0.25, 0.3) is 0 Å². The number of amides is 2. The molecule has 0 aliphatic carbocycles. The number of likely N-dealkylation sites (tertiary alicyclic amines) is 1. The van der Waals surface area contributed by atoms with Crippen molar-refractivity contribution >= 4 is 11.8 Å². The average molecular weight is 345 g/mol. The molecular formula is C18H17F2N3O2. The second-order valence-corrected chi connectivity index (χ2v) is 5.90. The van der Waals surface area contributed by atoms with E-state index >= 15 is 0 Å². The molecule has 1 aliphatic heterocycles. The molecule has 130 valence electrons. The third-order valence-corrected chi connectivity index (χ3v) is 4.15. The molecule has 0 saturated carbocycles. The van der Waals surface area contributed by atoms with E-state index in [0.717, 1.165) is 12.1 Å². The monoisotopic (exact) mass is 345 g/mol. The lowest BCUT2D eigenvalue weighted by atomic mass is 10.0. The number of piperidine rings is 1. The molecule has 2 aromatic rings. The molecule has 3 rings (SSSR count). The summed E-state index contributed by atoms with van der Waals surface area (Å²) in [5, 5.41) is 2.71. The van der Waals surface area contributed by atoms with Crippen LogP contribution < -0.4 is 5.32 Å². The van der Waals surface area contributed by atoms with E-state index in [9.17, 15) is 18.4 Å². The van der Waals surface area contributed by atoms with Crippen LogP contribution in [-0.4, -0.2) is 34.3 Å². The van der Waals surface area contributed by atoms with Crippen LogP contribution in [0.2, 0.25) is 0 Å². The fourth-order valence-corrected chi connectivity index (χ4v) is 2.83. The molecule has 0 radical (unpaired) electrons. The molecule has 2 amide bonds. The summed E-state index contributed by atoms with van der Waals surface area (Å²) in [4.78, 5) is 30.1. The van der Waals surface area contributed by atoms with Crippen LogP contribution in [0.15, 0.2) is 42.7 Å². The second kappa shape index (κ2) is 7.38. The Morgan fingerprint density at radius 3 is 2.72 bits per heavy atom. The van der Waals surface area contributed by atoms with Crippen LogP contribution >= 0.6 is 0 Å². The van der Waals surface area contributed by atoms with Crippen molar-refractivity contribution in [3.05, 3.63) is 65.5 Å². The Bertz CT molecular complexity index is 783. The largest absolute Gasteiger partial charge is 0.340 e. The number of benzene rings is 1. The van der Waals surface area contributed by atoms with Gasteiger partial charge in [-0.05, 0) is 31.0 Å². The first-order valence-corrected chi connectivity index (χ1v) is 7.98. The van der Waals surface area contributed by atoms with Crippen LogP contribution in [0.1, 0.15) is 28.8 Å². The summed E-state index contributed by atoms with van der Waals surface area (Å²) in [6.07, 6.45) is 4.22. The Hall–Kier alpha value is -2.83. The van der Waals surface area contributed by atoms with E-state index in [4.69, 9.17) is 0 Å². The van der Waals surface area contributed by atoms with E-state index in [1.54, 1.807) is 12.1 Å². The van der Waals surface area contributed by atoms with Gasteiger partial charge in [-0.25, -0.2) is 8.78 Å². The van der Waals surface area contributed by atoms with E-state index in [1.807, 2.05) is 0 Å². The molecule has 1 saturated heterocycles. The highest BCUT2D eigenvalue weighted by Crippen LogP contribution is 2.18. The number of rotatable bonds is 4. The van der Waals surface area contributed by atoms with E-state index < -0.39 is 17.7 Å². The summed E-state index contributed by atoms with van der Waals surface area (Å²) in [5.74, 6) is -1.96. The SMILES string of the molecule is O=C(N[C@H]1CCCN(Cc2ccc(F)cc2F)C1=O)c1ccncc1. The lowest BCUT2D eigenvalue weighted by molar-refractivity contribution is -0.136. The predicted octanol–water partition coefficient (Wildman–Crippen LogP) is 2.28. The number of carbonyl (C=O) groups excluding carboxylic acids is 2. The van der Waals surface area contributed by atoms with Gasteiger partial charge in [-0.1, -0.05) is 6.07 Å². The zero-order valence-corrected chi connectivity index (χ0v) is 13.4. The molecule has 1 aromatic carbocycles. The highest BCUT2D eigenvalue weighted by Gasteiger charge is 2.30. The van der Waals surface area contributed by atoms with Gasteiger partial charge in [-0.2, -0.15) is 0 Å². The van der Waals surface area contributed by atoms with Gasteiger partial charge in [0.2, 0.25) is 5.91 Å². The summed E-state index contributed by atoms with van der Waals surface area (Å²) in [6.45, 7) is 0.518. The van der Waals surface area contributed by atoms with Gasteiger partial charge in [0.15, 0.2) is 0 Å². The minimum absolute atomic E-state index is 0.0482. The molecule has 1 aliphatic rings. The van der Waals surface area contributed by atoms with Crippen molar-refractivity contribution in [3.63, 3.8) is 0 Å². The van der Waals surface area contributed by atoms with Gasteiger partial charge in [0.25, 0.3) is 5.91 Å². The van der Waals surface area contributed by atoms with Crippen LogP contribution in [0, 0.1) is 11.6 Å². The maximum atomic E-state index is 13.8. The molecule has 0 unspecified atom stereocenters. The number of nitrogens with zero attached hydrogens (tertiary/aromatic N) is 2. The first kappa shape index (κ1) is 17.0. The van der Waals surface area contributed by atoms with Crippen molar-refractivity contribution in [1.29, 1.82) is 0 Å². The molecule has 5 nitrogen and oxygen atoms in total. The normalized spacial score (nSPS) is 17.4. The van der Waals surface area contributed by atoms with Gasteiger partial charge < -0.3 is 10.2 Å². The average Bonchev–Trinajstić information content (AvgIpc) is 2.61. The Morgan fingerprint density at radius 1 is 1.24 bits per heavy atom. The number of nitrogens with one attached hydrogen (secondary N) is 1. The Kier molecular flexibility index (Phi) is 5.02. The summed E-state index contributed by atoms with van der Waals surface area (Å²) >= 11 is 0. The molecule has 1 atom stereocenters. The van der Waals surface area contributed by atoms with Crippen LogP contribution in [0.5, 0.6) is 0 Å². The predicted molar refractivity (Wildman–Crippen MR) is 86.5 cm³/mol. The van der Waals surface area contributed by atoms with Gasteiger partial charge in [-0.15, -0.1) is 0 Å². The minimum Gasteiger partial charge on any atom is -0.340 e. The molecule has 1 N–H and O–H groups in total. The second-order valence-electron chi connectivity index (χ2n) is 5.90. The first-order valence-electron chi connectivity index (χ1n) is 7.98. The topological polar surface area (TPSA) is 62.3 Å². The fraction of sp³-hybridized carbons (Fsp3) is 0.278. The van der Waals surface area contributed by atoms with Gasteiger partial charge >= 0.3 is 0 Å². The van der Waals surface area contributed by atoms with Gasteiger partial charge in [0.1, 0.15) is 17.7 Å². The van der Waals surface area contributed by atoms with Crippen LogP contribution in [0.4, 0.5) is 8.78 Å². The van der Waals surface area contributed by atoms with E-state index in [-0.39, 0.29) is 23.9 Å². The maximum absolute atomic E-state index is 13.8. The van der Waals surface area contributed by atoms with Crippen LogP contribution in [-0.2, 0) is 11.3 Å². The molecule has 2 heterocycles. The number of hydrogen-bond acceptors (Lipinski definition) is 3. The Labute approximate surface area is 143 Å². The summed E-state index contributed by atoms with van der Waals surface area (Å²) in [7, 11) is 0. The molecular weight excluding hydrogens is 328 g/mol. The van der Waals surface area contributed by atoms with E-state index in [0.29, 0.717) is 24.9 Å². The summed E-state index contributed by atoms with van der Waals surface area (Å²) in [5.41, 5.74) is 0.667. The molecule has 0 spiro atoms. The number of pyridine rings is 1. The van der Waals surface area contributed by atoms with E-state index in [2.05, 4.69) is 10.3 Å². The molecule has 1 fully saturated rings. The van der Waals surface area contributed by atoms with Gasteiger partial charge in [0.05, 0.1) is 0 Å². The Morgan fingerprint density at radius 2 is 2.00 bits per heavy atom. The lowest BCUT2D eigenvalue weighted by Gasteiger charge is -2.32. The lowest BCUT2D eigenvalue weighted by Crippen LogP contribution is -2.51. The van der Waals surface area contributed by atoms with Crippen molar-refractivity contribution in [2.24, 2.45) is 0 Å².